The van der Waals surface area contributed by atoms with Crippen LogP contribution in [0.15, 0.2) is 22.7 Å². The van der Waals surface area contributed by atoms with Crippen LogP contribution in [0.3, 0.4) is 0 Å². The fraction of sp³-hybridized carbons (Fsp3) is 0.571. The first-order chi connectivity index (χ1) is 9.40. The lowest BCUT2D eigenvalue weighted by Gasteiger charge is -2.30. The number of alkyl halides is 3. The van der Waals surface area contributed by atoms with Gasteiger partial charge in [-0.15, -0.1) is 0 Å². The standard InChI is InChI=1S/C14H17BrF3NO/c1-20-11-4-2-3-10(8-11)19-13-6-5-9(15)7-12(13)14(16,17)18/h5-7,10-11,19H,2-4,8H2,1H3. The first kappa shape index (κ1) is 15.6. The van der Waals surface area contributed by atoms with Gasteiger partial charge in [0.05, 0.1) is 11.7 Å². The zero-order valence-electron chi connectivity index (χ0n) is 11.1. The summed E-state index contributed by atoms with van der Waals surface area (Å²) in [5.41, 5.74) is -0.492. The van der Waals surface area contributed by atoms with Crippen LogP contribution in [0.5, 0.6) is 0 Å². The van der Waals surface area contributed by atoms with Gasteiger partial charge in [-0.3, -0.25) is 0 Å². The lowest BCUT2D eigenvalue weighted by molar-refractivity contribution is -0.137. The largest absolute Gasteiger partial charge is 0.418 e. The molecule has 0 amide bonds. The van der Waals surface area contributed by atoms with E-state index < -0.39 is 11.7 Å². The first-order valence-electron chi connectivity index (χ1n) is 6.56. The second kappa shape index (κ2) is 6.35. The highest BCUT2D eigenvalue weighted by atomic mass is 79.9. The topological polar surface area (TPSA) is 21.3 Å². The molecule has 2 atom stereocenters. The van der Waals surface area contributed by atoms with E-state index in [1.165, 1.54) is 6.07 Å². The minimum atomic E-state index is -4.36. The Hall–Kier alpha value is -0.750. The summed E-state index contributed by atoms with van der Waals surface area (Å²) in [7, 11) is 1.65. The second-order valence-corrected chi connectivity index (χ2v) is 5.97. The number of methoxy groups -OCH3 is 1. The van der Waals surface area contributed by atoms with Crippen molar-refractivity contribution in [2.75, 3.05) is 12.4 Å². The summed E-state index contributed by atoms with van der Waals surface area (Å²) in [6.07, 6.45) is -0.681. The molecule has 1 aliphatic rings. The molecule has 20 heavy (non-hydrogen) atoms. The highest BCUT2D eigenvalue weighted by molar-refractivity contribution is 9.10. The Morgan fingerprint density at radius 2 is 2.05 bits per heavy atom. The zero-order valence-corrected chi connectivity index (χ0v) is 12.7. The zero-order chi connectivity index (χ0) is 14.8. The van der Waals surface area contributed by atoms with Crippen molar-refractivity contribution in [1.82, 2.24) is 0 Å². The monoisotopic (exact) mass is 351 g/mol. The van der Waals surface area contributed by atoms with E-state index in [2.05, 4.69) is 21.2 Å². The Bertz CT molecular complexity index is 464. The third-order valence-corrected chi connectivity index (χ3v) is 4.10. The number of ether oxygens (including phenoxy) is 1. The molecule has 0 spiro atoms. The van der Waals surface area contributed by atoms with Gasteiger partial charge in [-0.05, 0) is 43.9 Å². The van der Waals surface area contributed by atoms with Gasteiger partial charge in [-0.1, -0.05) is 15.9 Å². The Balaban J connectivity index is 2.16. The quantitative estimate of drug-likeness (QED) is 0.841. The van der Waals surface area contributed by atoms with Crippen molar-refractivity contribution < 1.29 is 17.9 Å². The summed E-state index contributed by atoms with van der Waals surface area (Å²) in [6, 6.07) is 4.23. The SMILES string of the molecule is COC1CCCC(Nc2ccc(Br)cc2C(F)(F)F)C1. The third-order valence-electron chi connectivity index (χ3n) is 3.61. The molecule has 0 saturated heterocycles. The van der Waals surface area contributed by atoms with Crippen molar-refractivity contribution in [3.63, 3.8) is 0 Å². The summed E-state index contributed by atoms with van der Waals surface area (Å²) in [6.45, 7) is 0. The number of rotatable bonds is 3. The van der Waals surface area contributed by atoms with Crippen molar-refractivity contribution in [1.29, 1.82) is 0 Å². The average molecular weight is 352 g/mol. The number of halogens is 4. The second-order valence-electron chi connectivity index (χ2n) is 5.05. The van der Waals surface area contributed by atoms with Gasteiger partial charge in [-0.2, -0.15) is 13.2 Å². The van der Waals surface area contributed by atoms with Crippen LogP contribution >= 0.6 is 15.9 Å². The lowest BCUT2D eigenvalue weighted by atomic mass is 9.92. The summed E-state index contributed by atoms with van der Waals surface area (Å²) in [5.74, 6) is 0. The van der Waals surface area contributed by atoms with Crippen LogP contribution in [0.25, 0.3) is 0 Å². The van der Waals surface area contributed by atoms with Gasteiger partial charge in [0.25, 0.3) is 0 Å². The maximum absolute atomic E-state index is 13.0. The smallest absolute Gasteiger partial charge is 0.382 e. The van der Waals surface area contributed by atoms with Crippen molar-refractivity contribution in [2.45, 2.75) is 44.0 Å². The highest BCUT2D eigenvalue weighted by Gasteiger charge is 2.34. The van der Waals surface area contributed by atoms with Gasteiger partial charge < -0.3 is 10.1 Å². The molecule has 1 aliphatic carbocycles. The number of benzene rings is 1. The third kappa shape index (κ3) is 3.88. The van der Waals surface area contributed by atoms with E-state index in [-0.39, 0.29) is 17.8 Å². The summed E-state index contributed by atoms with van der Waals surface area (Å²) in [4.78, 5) is 0. The van der Waals surface area contributed by atoms with Crippen LogP contribution in [-0.4, -0.2) is 19.3 Å². The molecule has 1 aromatic rings. The van der Waals surface area contributed by atoms with E-state index in [0.717, 1.165) is 31.7 Å². The molecule has 1 fully saturated rings. The fourth-order valence-electron chi connectivity index (χ4n) is 2.59. The minimum Gasteiger partial charge on any atom is -0.382 e. The summed E-state index contributed by atoms with van der Waals surface area (Å²) < 4.78 is 44.9. The maximum atomic E-state index is 13.0. The van der Waals surface area contributed by atoms with Crippen molar-refractivity contribution >= 4 is 21.6 Å². The molecule has 1 aromatic carbocycles. The van der Waals surface area contributed by atoms with Gasteiger partial charge in [0.1, 0.15) is 0 Å². The highest BCUT2D eigenvalue weighted by Crippen LogP contribution is 2.37. The lowest BCUT2D eigenvalue weighted by Crippen LogP contribution is -2.31. The molecule has 2 rings (SSSR count). The number of anilines is 1. The Kier molecular flexibility index (Phi) is 4.96. The van der Waals surface area contributed by atoms with Crippen LogP contribution in [0.4, 0.5) is 18.9 Å². The fourth-order valence-corrected chi connectivity index (χ4v) is 2.95. The molecular weight excluding hydrogens is 335 g/mol. The molecule has 0 radical (unpaired) electrons. The Morgan fingerprint density at radius 3 is 2.70 bits per heavy atom. The molecule has 0 heterocycles. The van der Waals surface area contributed by atoms with Crippen LogP contribution in [-0.2, 0) is 10.9 Å². The molecule has 0 aliphatic heterocycles. The van der Waals surface area contributed by atoms with E-state index in [0.29, 0.717) is 4.47 Å². The molecule has 2 nitrogen and oxygen atoms in total. The van der Waals surface area contributed by atoms with E-state index in [9.17, 15) is 13.2 Å². The van der Waals surface area contributed by atoms with Gasteiger partial charge in [0, 0.05) is 23.3 Å². The Morgan fingerprint density at radius 1 is 1.30 bits per heavy atom. The molecule has 2 unspecified atom stereocenters. The maximum Gasteiger partial charge on any atom is 0.418 e. The van der Waals surface area contributed by atoms with Crippen LogP contribution in [0, 0.1) is 0 Å². The van der Waals surface area contributed by atoms with Gasteiger partial charge in [-0.25, -0.2) is 0 Å². The molecule has 1 N–H and O–H groups in total. The normalized spacial score (nSPS) is 23.6. The molecule has 0 bridgehead atoms. The van der Waals surface area contributed by atoms with E-state index in [1.54, 1.807) is 13.2 Å². The predicted molar refractivity (Wildman–Crippen MR) is 75.8 cm³/mol. The molecular formula is C14H17BrF3NO. The summed E-state index contributed by atoms with van der Waals surface area (Å²) in [5, 5.41) is 3.03. The average Bonchev–Trinajstić information content (AvgIpc) is 2.40. The van der Waals surface area contributed by atoms with E-state index in [4.69, 9.17) is 4.74 Å². The first-order valence-corrected chi connectivity index (χ1v) is 7.35. The van der Waals surface area contributed by atoms with Crippen LogP contribution < -0.4 is 5.32 Å². The van der Waals surface area contributed by atoms with Crippen molar-refractivity contribution in [2.24, 2.45) is 0 Å². The number of nitrogens with one attached hydrogen (secondary N) is 1. The molecule has 1 saturated carbocycles. The van der Waals surface area contributed by atoms with Crippen LogP contribution in [0.1, 0.15) is 31.2 Å². The minimum absolute atomic E-state index is 0.0241. The predicted octanol–water partition coefficient (Wildman–Crippen LogP) is 4.84. The van der Waals surface area contributed by atoms with Crippen molar-refractivity contribution in [3.05, 3.63) is 28.2 Å². The molecule has 6 heteroatoms. The van der Waals surface area contributed by atoms with Gasteiger partial charge >= 0.3 is 6.18 Å². The van der Waals surface area contributed by atoms with Crippen molar-refractivity contribution in [3.8, 4) is 0 Å². The summed E-state index contributed by atoms with van der Waals surface area (Å²) >= 11 is 3.09. The molecule has 0 aromatic heterocycles. The van der Waals surface area contributed by atoms with Gasteiger partial charge in [0.15, 0.2) is 0 Å². The molecule has 112 valence electrons. The van der Waals surface area contributed by atoms with E-state index >= 15 is 0 Å². The number of hydrogen-bond donors (Lipinski definition) is 1. The van der Waals surface area contributed by atoms with E-state index in [1.807, 2.05) is 0 Å². The van der Waals surface area contributed by atoms with Gasteiger partial charge in [0.2, 0.25) is 0 Å². The Labute approximate surface area is 124 Å². The van der Waals surface area contributed by atoms with Crippen LogP contribution in [0.2, 0.25) is 0 Å². The number of hydrogen-bond acceptors (Lipinski definition) is 2.